The number of nitrogens with one attached hydrogen (secondary N) is 1. The van der Waals surface area contributed by atoms with Crippen LogP contribution in [0, 0.1) is 12.7 Å². The van der Waals surface area contributed by atoms with Gasteiger partial charge in [-0.3, -0.25) is 9.59 Å². The van der Waals surface area contributed by atoms with E-state index in [-0.39, 0.29) is 6.42 Å². The minimum absolute atomic E-state index is 0.141. The standard InChI is InChI=1S/C14H12FNO3S/c1-8-7-20-11(6-12(17)18)13(8)16-14(19)9-2-4-10(15)5-3-9/h2-5,7H,6H2,1H3,(H,16,19)(H,17,18). The molecule has 1 heterocycles. The molecule has 0 aliphatic carbocycles. The fraction of sp³-hybridized carbons (Fsp3) is 0.143. The number of benzene rings is 1. The number of thiophene rings is 1. The van der Waals surface area contributed by atoms with Crippen LogP contribution in [0.5, 0.6) is 0 Å². The molecule has 104 valence electrons. The van der Waals surface area contributed by atoms with Crippen LogP contribution in [0.15, 0.2) is 29.6 Å². The molecular formula is C14H12FNO3S. The summed E-state index contributed by atoms with van der Waals surface area (Å²) in [5.74, 6) is -1.76. The lowest BCUT2D eigenvalue weighted by molar-refractivity contribution is -0.136. The van der Waals surface area contributed by atoms with Crippen LogP contribution < -0.4 is 5.32 Å². The van der Waals surface area contributed by atoms with Gasteiger partial charge in [-0.05, 0) is 42.1 Å². The molecule has 0 fully saturated rings. The fourth-order valence-electron chi connectivity index (χ4n) is 1.72. The van der Waals surface area contributed by atoms with Crippen molar-refractivity contribution in [2.45, 2.75) is 13.3 Å². The number of carbonyl (C=O) groups is 2. The molecule has 2 rings (SSSR count). The lowest BCUT2D eigenvalue weighted by Crippen LogP contribution is -2.14. The first-order valence-corrected chi connectivity index (χ1v) is 6.71. The SMILES string of the molecule is Cc1csc(CC(=O)O)c1NC(=O)c1ccc(F)cc1. The number of aliphatic carboxylic acids is 1. The molecule has 0 saturated carbocycles. The van der Waals surface area contributed by atoms with Crippen molar-refractivity contribution in [2.24, 2.45) is 0 Å². The Balaban J connectivity index is 2.21. The number of halogens is 1. The van der Waals surface area contributed by atoms with Crippen LogP contribution in [-0.4, -0.2) is 17.0 Å². The molecule has 6 heteroatoms. The van der Waals surface area contributed by atoms with Crippen molar-refractivity contribution < 1.29 is 19.1 Å². The van der Waals surface area contributed by atoms with E-state index in [1.54, 1.807) is 12.3 Å². The Morgan fingerprint density at radius 1 is 1.30 bits per heavy atom. The zero-order chi connectivity index (χ0) is 14.7. The minimum atomic E-state index is -0.955. The zero-order valence-electron chi connectivity index (χ0n) is 10.6. The highest BCUT2D eigenvalue weighted by molar-refractivity contribution is 7.10. The first kappa shape index (κ1) is 14.2. The van der Waals surface area contributed by atoms with Crippen LogP contribution in [0.2, 0.25) is 0 Å². The van der Waals surface area contributed by atoms with E-state index in [0.29, 0.717) is 16.1 Å². The van der Waals surface area contributed by atoms with Crippen LogP contribution in [0.1, 0.15) is 20.8 Å². The molecule has 1 aromatic carbocycles. The molecule has 1 amide bonds. The molecule has 0 radical (unpaired) electrons. The molecular weight excluding hydrogens is 281 g/mol. The molecule has 0 aliphatic heterocycles. The zero-order valence-corrected chi connectivity index (χ0v) is 11.5. The molecule has 0 atom stereocenters. The normalized spacial score (nSPS) is 10.3. The second-order valence-corrected chi connectivity index (χ2v) is 5.21. The number of carboxylic acid groups (broad SMARTS) is 1. The third-order valence-electron chi connectivity index (χ3n) is 2.71. The van der Waals surface area contributed by atoms with E-state index in [4.69, 9.17) is 5.11 Å². The average molecular weight is 293 g/mol. The number of amides is 1. The smallest absolute Gasteiger partial charge is 0.308 e. The molecule has 0 bridgehead atoms. The van der Waals surface area contributed by atoms with E-state index >= 15 is 0 Å². The van der Waals surface area contributed by atoms with Crippen molar-refractivity contribution in [3.05, 3.63) is 51.5 Å². The van der Waals surface area contributed by atoms with E-state index in [0.717, 1.165) is 5.56 Å². The van der Waals surface area contributed by atoms with Crippen molar-refractivity contribution in [1.29, 1.82) is 0 Å². The van der Waals surface area contributed by atoms with Gasteiger partial charge in [-0.25, -0.2) is 4.39 Å². The van der Waals surface area contributed by atoms with E-state index in [2.05, 4.69) is 5.32 Å². The summed E-state index contributed by atoms with van der Waals surface area (Å²) in [5.41, 5.74) is 1.65. The van der Waals surface area contributed by atoms with Crippen LogP contribution in [0.4, 0.5) is 10.1 Å². The average Bonchev–Trinajstić information content (AvgIpc) is 2.71. The Kier molecular flexibility index (Phi) is 4.14. The third kappa shape index (κ3) is 3.21. The molecule has 4 nitrogen and oxygen atoms in total. The summed E-state index contributed by atoms with van der Waals surface area (Å²) < 4.78 is 12.8. The summed E-state index contributed by atoms with van der Waals surface area (Å²) in [7, 11) is 0. The number of anilines is 1. The van der Waals surface area contributed by atoms with Crippen molar-refractivity contribution in [1.82, 2.24) is 0 Å². The molecule has 2 N–H and O–H groups in total. The molecule has 2 aromatic rings. The summed E-state index contributed by atoms with van der Waals surface area (Å²) in [4.78, 5) is 23.4. The number of aryl methyl sites for hydroxylation is 1. The van der Waals surface area contributed by atoms with Gasteiger partial charge in [0.05, 0.1) is 12.1 Å². The van der Waals surface area contributed by atoms with Crippen LogP contribution in [0.25, 0.3) is 0 Å². The number of carbonyl (C=O) groups excluding carboxylic acids is 1. The van der Waals surface area contributed by atoms with E-state index < -0.39 is 17.7 Å². The quantitative estimate of drug-likeness (QED) is 0.910. The van der Waals surface area contributed by atoms with Gasteiger partial charge in [0.1, 0.15) is 5.82 Å². The Hall–Kier alpha value is -2.21. The highest BCUT2D eigenvalue weighted by Gasteiger charge is 2.15. The van der Waals surface area contributed by atoms with Crippen molar-refractivity contribution in [3.8, 4) is 0 Å². The number of carboxylic acids is 1. The van der Waals surface area contributed by atoms with Gasteiger partial charge in [0, 0.05) is 10.4 Å². The van der Waals surface area contributed by atoms with E-state index in [9.17, 15) is 14.0 Å². The Morgan fingerprint density at radius 3 is 2.55 bits per heavy atom. The summed E-state index contributed by atoms with van der Waals surface area (Å²) in [6.07, 6.45) is -0.141. The summed E-state index contributed by atoms with van der Waals surface area (Å²) >= 11 is 1.29. The van der Waals surface area contributed by atoms with Crippen molar-refractivity contribution in [2.75, 3.05) is 5.32 Å². The topological polar surface area (TPSA) is 66.4 Å². The van der Waals surface area contributed by atoms with E-state index in [1.807, 2.05) is 0 Å². The Morgan fingerprint density at radius 2 is 1.95 bits per heavy atom. The van der Waals surface area contributed by atoms with Crippen molar-refractivity contribution >= 4 is 28.9 Å². The maximum Gasteiger partial charge on any atom is 0.308 e. The first-order chi connectivity index (χ1) is 9.47. The maximum atomic E-state index is 12.8. The van der Waals surface area contributed by atoms with Crippen LogP contribution >= 0.6 is 11.3 Å². The van der Waals surface area contributed by atoms with Gasteiger partial charge in [0.15, 0.2) is 0 Å². The molecule has 20 heavy (non-hydrogen) atoms. The van der Waals surface area contributed by atoms with Crippen LogP contribution in [-0.2, 0) is 11.2 Å². The number of rotatable bonds is 4. The highest BCUT2D eigenvalue weighted by Crippen LogP contribution is 2.28. The molecule has 1 aromatic heterocycles. The van der Waals surface area contributed by atoms with Gasteiger partial charge in [-0.1, -0.05) is 0 Å². The lowest BCUT2D eigenvalue weighted by Gasteiger charge is -2.07. The monoisotopic (exact) mass is 293 g/mol. The minimum Gasteiger partial charge on any atom is -0.481 e. The molecule has 0 saturated heterocycles. The second-order valence-electron chi connectivity index (χ2n) is 4.25. The van der Waals surface area contributed by atoms with Crippen molar-refractivity contribution in [3.63, 3.8) is 0 Å². The van der Waals surface area contributed by atoms with Gasteiger partial charge < -0.3 is 10.4 Å². The Bertz CT molecular complexity index is 649. The van der Waals surface area contributed by atoms with Gasteiger partial charge in [0.25, 0.3) is 5.91 Å². The van der Waals surface area contributed by atoms with Gasteiger partial charge in [-0.15, -0.1) is 11.3 Å². The third-order valence-corrected chi connectivity index (χ3v) is 3.81. The molecule has 0 aliphatic rings. The highest BCUT2D eigenvalue weighted by atomic mass is 32.1. The molecule has 0 unspecified atom stereocenters. The largest absolute Gasteiger partial charge is 0.481 e. The lowest BCUT2D eigenvalue weighted by atomic mass is 10.2. The van der Waals surface area contributed by atoms with Gasteiger partial charge >= 0.3 is 5.97 Å². The second kappa shape index (κ2) is 5.83. The van der Waals surface area contributed by atoms with E-state index in [1.165, 1.54) is 35.6 Å². The summed E-state index contributed by atoms with van der Waals surface area (Å²) in [6, 6.07) is 5.16. The maximum absolute atomic E-state index is 12.8. The predicted molar refractivity (Wildman–Crippen MR) is 74.7 cm³/mol. The van der Waals surface area contributed by atoms with Crippen LogP contribution in [0.3, 0.4) is 0 Å². The predicted octanol–water partition coefficient (Wildman–Crippen LogP) is 3.08. The number of hydrogen-bond acceptors (Lipinski definition) is 3. The Labute approximate surface area is 118 Å². The summed E-state index contributed by atoms with van der Waals surface area (Å²) in [6.45, 7) is 1.79. The first-order valence-electron chi connectivity index (χ1n) is 5.83. The number of hydrogen-bond donors (Lipinski definition) is 2. The van der Waals surface area contributed by atoms with Gasteiger partial charge in [0.2, 0.25) is 0 Å². The summed E-state index contributed by atoms with van der Waals surface area (Å²) in [5, 5.41) is 13.3. The van der Waals surface area contributed by atoms with Gasteiger partial charge in [-0.2, -0.15) is 0 Å². The molecule has 0 spiro atoms. The fourth-order valence-corrected chi connectivity index (χ4v) is 2.69.